The number of carbonyl (C=O) groups is 1. The van der Waals surface area contributed by atoms with E-state index in [4.69, 9.17) is 0 Å². The standard InChI is InChI=1S/C21H25FN2OS/c22-19-8-10-20(11-9-19)26-16-21(25)23-14-17-6-2-3-7-18(17)15-24-12-4-1-5-13-24/h2-3,6-11H,1,4-5,12-16H2,(H,23,25). The second kappa shape index (κ2) is 9.74. The van der Waals surface area contributed by atoms with E-state index in [2.05, 4.69) is 28.4 Å². The number of carbonyl (C=O) groups excluding carboxylic acids is 1. The van der Waals surface area contributed by atoms with Gasteiger partial charge in [0.15, 0.2) is 0 Å². The summed E-state index contributed by atoms with van der Waals surface area (Å²) in [6.07, 6.45) is 3.89. The van der Waals surface area contributed by atoms with Gasteiger partial charge in [-0.1, -0.05) is 30.7 Å². The summed E-state index contributed by atoms with van der Waals surface area (Å²) in [5.41, 5.74) is 2.47. The Kier molecular flexibility index (Phi) is 7.09. The lowest BCUT2D eigenvalue weighted by Gasteiger charge is -2.27. The van der Waals surface area contributed by atoms with Crippen LogP contribution in [0, 0.1) is 5.82 Å². The fourth-order valence-corrected chi connectivity index (χ4v) is 3.90. The summed E-state index contributed by atoms with van der Waals surface area (Å²) in [5, 5.41) is 3.01. The van der Waals surface area contributed by atoms with Crippen molar-refractivity contribution in [1.82, 2.24) is 10.2 Å². The van der Waals surface area contributed by atoms with Gasteiger partial charge < -0.3 is 5.32 Å². The lowest BCUT2D eigenvalue weighted by Crippen LogP contribution is -2.30. The summed E-state index contributed by atoms with van der Waals surface area (Å²) in [6.45, 7) is 3.83. The molecule has 1 heterocycles. The normalized spacial score (nSPS) is 15.0. The maximum Gasteiger partial charge on any atom is 0.230 e. The predicted molar refractivity (Wildman–Crippen MR) is 105 cm³/mol. The van der Waals surface area contributed by atoms with Gasteiger partial charge in [-0.05, 0) is 61.3 Å². The Bertz CT molecular complexity index is 714. The molecule has 1 amide bonds. The van der Waals surface area contributed by atoms with Gasteiger partial charge in [0.1, 0.15) is 5.82 Å². The van der Waals surface area contributed by atoms with Crippen molar-refractivity contribution in [3.05, 3.63) is 65.5 Å². The van der Waals surface area contributed by atoms with Crippen molar-refractivity contribution in [2.24, 2.45) is 0 Å². The van der Waals surface area contributed by atoms with E-state index in [1.165, 1.54) is 54.3 Å². The molecule has 2 aromatic carbocycles. The van der Waals surface area contributed by atoms with Crippen LogP contribution in [0.3, 0.4) is 0 Å². The monoisotopic (exact) mass is 372 g/mol. The first kappa shape index (κ1) is 18.9. The van der Waals surface area contributed by atoms with E-state index in [9.17, 15) is 9.18 Å². The molecule has 1 aliphatic heterocycles. The zero-order valence-corrected chi connectivity index (χ0v) is 15.7. The van der Waals surface area contributed by atoms with Crippen molar-refractivity contribution in [2.75, 3.05) is 18.8 Å². The average molecular weight is 373 g/mol. The maximum absolute atomic E-state index is 12.9. The highest BCUT2D eigenvalue weighted by atomic mass is 32.2. The molecule has 138 valence electrons. The molecule has 1 N–H and O–H groups in total. The molecule has 0 unspecified atom stereocenters. The first-order valence-corrected chi connectivity index (χ1v) is 10.1. The number of rotatable bonds is 7. The first-order valence-electron chi connectivity index (χ1n) is 9.15. The number of nitrogens with zero attached hydrogens (tertiary/aromatic N) is 1. The third kappa shape index (κ3) is 5.85. The molecule has 26 heavy (non-hydrogen) atoms. The van der Waals surface area contributed by atoms with Gasteiger partial charge in [0.2, 0.25) is 5.91 Å². The van der Waals surface area contributed by atoms with Crippen LogP contribution in [0.15, 0.2) is 53.4 Å². The second-order valence-corrected chi connectivity index (χ2v) is 7.67. The lowest BCUT2D eigenvalue weighted by molar-refractivity contribution is -0.118. The van der Waals surface area contributed by atoms with Gasteiger partial charge in [0.05, 0.1) is 5.75 Å². The molecule has 0 bridgehead atoms. The van der Waals surface area contributed by atoms with E-state index >= 15 is 0 Å². The van der Waals surface area contributed by atoms with Crippen LogP contribution in [0.4, 0.5) is 4.39 Å². The van der Waals surface area contributed by atoms with E-state index in [1.54, 1.807) is 12.1 Å². The van der Waals surface area contributed by atoms with Crippen LogP contribution in [0.25, 0.3) is 0 Å². The van der Waals surface area contributed by atoms with Gasteiger partial charge in [-0.2, -0.15) is 0 Å². The molecule has 1 fully saturated rings. The molecule has 1 saturated heterocycles. The Hall–Kier alpha value is -1.85. The zero-order chi connectivity index (χ0) is 18.2. The summed E-state index contributed by atoms with van der Waals surface area (Å²) in [4.78, 5) is 15.5. The van der Waals surface area contributed by atoms with E-state index in [1.807, 2.05) is 6.07 Å². The topological polar surface area (TPSA) is 32.3 Å². The number of nitrogens with one attached hydrogen (secondary N) is 1. The third-order valence-corrected chi connectivity index (χ3v) is 5.63. The highest BCUT2D eigenvalue weighted by Crippen LogP contribution is 2.18. The number of halogens is 1. The summed E-state index contributed by atoms with van der Waals surface area (Å²) in [5.74, 6) is 0.0659. The van der Waals surface area contributed by atoms with Crippen LogP contribution in [-0.2, 0) is 17.9 Å². The Balaban J connectivity index is 1.49. The third-order valence-electron chi connectivity index (χ3n) is 4.62. The van der Waals surface area contributed by atoms with E-state index in [0.29, 0.717) is 12.3 Å². The molecule has 2 aromatic rings. The number of piperidine rings is 1. The van der Waals surface area contributed by atoms with Gasteiger partial charge in [-0.25, -0.2) is 4.39 Å². The molecule has 0 aromatic heterocycles. The van der Waals surface area contributed by atoms with Crippen molar-refractivity contribution in [3.63, 3.8) is 0 Å². The van der Waals surface area contributed by atoms with Gasteiger partial charge >= 0.3 is 0 Å². The van der Waals surface area contributed by atoms with Crippen LogP contribution in [0.2, 0.25) is 0 Å². The van der Waals surface area contributed by atoms with Crippen molar-refractivity contribution >= 4 is 17.7 Å². The summed E-state index contributed by atoms with van der Waals surface area (Å²) < 4.78 is 12.9. The molecule has 5 heteroatoms. The Morgan fingerprint density at radius 2 is 1.69 bits per heavy atom. The van der Waals surface area contributed by atoms with Gasteiger partial charge in [-0.3, -0.25) is 9.69 Å². The fraction of sp³-hybridized carbons (Fsp3) is 0.381. The van der Waals surface area contributed by atoms with Crippen molar-refractivity contribution in [3.8, 4) is 0 Å². The Labute approximate surface area is 159 Å². The molecular formula is C21H25FN2OS. The van der Waals surface area contributed by atoms with Crippen LogP contribution in [0.5, 0.6) is 0 Å². The molecule has 0 radical (unpaired) electrons. The van der Waals surface area contributed by atoms with Crippen LogP contribution < -0.4 is 5.32 Å². The van der Waals surface area contributed by atoms with E-state index < -0.39 is 0 Å². The van der Waals surface area contributed by atoms with Crippen LogP contribution >= 0.6 is 11.8 Å². The molecule has 0 aliphatic carbocycles. The SMILES string of the molecule is O=C(CSc1ccc(F)cc1)NCc1ccccc1CN1CCCCC1. The maximum atomic E-state index is 12.9. The minimum Gasteiger partial charge on any atom is -0.351 e. The number of benzene rings is 2. The largest absolute Gasteiger partial charge is 0.351 e. The number of likely N-dealkylation sites (tertiary alicyclic amines) is 1. The molecule has 1 aliphatic rings. The van der Waals surface area contributed by atoms with E-state index in [-0.39, 0.29) is 11.7 Å². The molecule has 0 atom stereocenters. The van der Waals surface area contributed by atoms with Crippen LogP contribution in [0.1, 0.15) is 30.4 Å². The predicted octanol–water partition coefficient (Wildman–Crippen LogP) is 4.22. The Morgan fingerprint density at radius 1 is 1.00 bits per heavy atom. The van der Waals surface area contributed by atoms with Gasteiger partial charge in [-0.15, -0.1) is 11.8 Å². The number of thioether (sulfide) groups is 1. The van der Waals surface area contributed by atoms with E-state index in [0.717, 1.165) is 24.5 Å². The smallest absolute Gasteiger partial charge is 0.230 e. The molecule has 0 spiro atoms. The number of hydrogen-bond donors (Lipinski definition) is 1. The van der Waals surface area contributed by atoms with Crippen molar-refractivity contribution in [2.45, 2.75) is 37.2 Å². The first-order chi connectivity index (χ1) is 12.7. The zero-order valence-electron chi connectivity index (χ0n) is 14.9. The summed E-state index contributed by atoms with van der Waals surface area (Å²) in [7, 11) is 0. The fourth-order valence-electron chi connectivity index (χ4n) is 3.17. The molecule has 3 nitrogen and oxygen atoms in total. The highest BCUT2D eigenvalue weighted by Gasteiger charge is 2.12. The van der Waals surface area contributed by atoms with Crippen LogP contribution in [-0.4, -0.2) is 29.6 Å². The summed E-state index contributed by atoms with van der Waals surface area (Å²) in [6, 6.07) is 14.6. The van der Waals surface area contributed by atoms with Gasteiger partial charge in [0, 0.05) is 18.0 Å². The molecule has 3 rings (SSSR count). The number of amides is 1. The van der Waals surface area contributed by atoms with Gasteiger partial charge in [0.25, 0.3) is 0 Å². The molecular weight excluding hydrogens is 347 g/mol. The molecule has 0 saturated carbocycles. The average Bonchev–Trinajstić information content (AvgIpc) is 2.68. The second-order valence-electron chi connectivity index (χ2n) is 6.62. The minimum absolute atomic E-state index is 0.00731. The minimum atomic E-state index is -0.260. The highest BCUT2D eigenvalue weighted by molar-refractivity contribution is 8.00. The quantitative estimate of drug-likeness (QED) is 0.739. The number of hydrogen-bond acceptors (Lipinski definition) is 3. The lowest BCUT2D eigenvalue weighted by atomic mass is 10.0. The van der Waals surface area contributed by atoms with Crippen molar-refractivity contribution < 1.29 is 9.18 Å². The summed E-state index contributed by atoms with van der Waals surface area (Å²) >= 11 is 1.42. The van der Waals surface area contributed by atoms with Crippen molar-refractivity contribution in [1.29, 1.82) is 0 Å². The Morgan fingerprint density at radius 3 is 2.42 bits per heavy atom.